The van der Waals surface area contributed by atoms with E-state index in [0.29, 0.717) is 11.4 Å². The Labute approximate surface area is 151 Å². The maximum absolute atomic E-state index is 12.2. The van der Waals surface area contributed by atoms with Gasteiger partial charge in [0.05, 0.1) is 5.56 Å². The van der Waals surface area contributed by atoms with Crippen molar-refractivity contribution in [2.45, 2.75) is 11.5 Å². The lowest BCUT2D eigenvalue weighted by Crippen LogP contribution is -2.06. The molecule has 5 nitrogen and oxygen atoms in total. The number of carbonyl (C=O) groups excluding carboxylic acids is 1. The molecule has 0 radical (unpaired) electrons. The Kier molecular flexibility index (Phi) is 5.32. The minimum atomic E-state index is -0.415. The number of nitrogens with zero attached hydrogens (tertiary/aromatic N) is 2. The van der Waals surface area contributed by atoms with Crippen LogP contribution < -0.4 is 0 Å². The Morgan fingerprint density at radius 3 is 2.88 bits per heavy atom. The topological polar surface area (TPSA) is 65.2 Å². The van der Waals surface area contributed by atoms with Crippen molar-refractivity contribution in [3.05, 3.63) is 64.5 Å². The molecule has 0 aliphatic carbocycles. The molecular weight excluding hydrogens is 392 g/mol. The Hall–Kier alpha value is -2.12. The summed E-state index contributed by atoms with van der Waals surface area (Å²) < 4.78 is 11.3. The molecule has 0 unspecified atom stereocenters. The number of esters is 1. The van der Waals surface area contributed by atoms with Crippen LogP contribution in [0.3, 0.4) is 0 Å². The molecule has 24 heavy (non-hydrogen) atoms. The average molecular weight is 405 g/mol. The van der Waals surface area contributed by atoms with Crippen molar-refractivity contribution in [1.82, 2.24) is 10.1 Å². The number of aromatic nitrogens is 2. The fraction of sp³-hybridized carbons (Fsp3) is 0.118. The largest absolute Gasteiger partial charge is 0.452 e. The zero-order valence-electron chi connectivity index (χ0n) is 12.7. The minimum absolute atomic E-state index is 0.0669. The molecule has 0 aliphatic rings. The molecule has 0 amide bonds. The molecule has 0 saturated heterocycles. The number of thioether (sulfide) groups is 1. The first-order valence-electron chi connectivity index (χ1n) is 7.06. The van der Waals surface area contributed by atoms with E-state index in [2.05, 4.69) is 26.1 Å². The van der Waals surface area contributed by atoms with Crippen LogP contribution in [0.4, 0.5) is 0 Å². The van der Waals surface area contributed by atoms with E-state index in [1.807, 2.05) is 42.7 Å². The van der Waals surface area contributed by atoms with E-state index in [1.54, 1.807) is 12.1 Å². The first-order chi connectivity index (χ1) is 11.7. The van der Waals surface area contributed by atoms with Gasteiger partial charge in [-0.2, -0.15) is 4.98 Å². The Morgan fingerprint density at radius 1 is 1.25 bits per heavy atom. The number of carbonyl (C=O) groups is 1. The van der Waals surface area contributed by atoms with Crippen molar-refractivity contribution in [2.75, 3.05) is 6.26 Å². The summed E-state index contributed by atoms with van der Waals surface area (Å²) in [4.78, 5) is 17.3. The second kappa shape index (κ2) is 7.63. The van der Waals surface area contributed by atoms with E-state index in [-0.39, 0.29) is 12.5 Å². The highest BCUT2D eigenvalue weighted by Crippen LogP contribution is 2.22. The molecule has 0 saturated carbocycles. The molecule has 122 valence electrons. The minimum Gasteiger partial charge on any atom is -0.452 e. The normalized spacial score (nSPS) is 10.6. The van der Waals surface area contributed by atoms with E-state index in [4.69, 9.17) is 9.26 Å². The second-order valence-electron chi connectivity index (χ2n) is 4.80. The highest BCUT2D eigenvalue weighted by Gasteiger charge is 2.15. The van der Waals surface area contributed by atoms with Crippen LogP contribution in [0.5, 0.6) is 0 Å². The summed E-state index contributed by atoms with van der Waals surface area (Å²) in [5.74, 6) is 0.286. The lowest BCUT2D eigenvalue weighted by atomic mass is 10.2. The average Bonchev–Trinajstić information content (AvgIpc) is 3.08. The fourth-order valence-electron chi connectivity index (χ4n) is 2.08. The summed E-state index contributed by atoms with van der Waals surface area (Å²) >= 11 is 4.89. The summed E-state index contributed by atoms with van der Waals surface area (Å²) in [6.07, 6.45) is 1.91. The second-order valence-corrected chi connectivity index (χ2v) is 6.56. The molecule has 1 heterocycles. The van der Waals surface area contributed by atoms with Crippen LogP contribution in [0, 0.1) is 0 Å². The van der Waals surface area contributed by atoms with Crippen molar-refractivity contribution >= 4 is 33.7 Å². The van der Waals surface area contributed by atoms with Gasteiger partial charge in [-0.25, -0.2) is 4.79 Å². The standard InChI is InChI=1S/C17H13BrN2O3S/c1-24-14-8-3-2-7-13(14)17(21)22-10-15-19-16(20-23-15)11-5-4-6-12(18)9-11/h2-9H,10H2,1H3. The van der Waals surface area contributed by atoms with Crippen LogP contribution in [0.25, 0.3) is 11.4 Å². The van der Waals surface area contributed by atoms with E-state index in [1.165, 1.54) is 11.8 Å². The Morgan fingerprint density at radius 2 is 2.08 bits per heavy atom. The molecule has 2 aromatic carbocycles. The maximum Gasteiger partial charge on any atom is 0.339 e. The zero-order valence-corrected chi connectivity index (χ0v) is 15.1. The van der Waals surface area contributed by atoms with Gasteiger partial charge in [0.1, 0.15) is 0 Å². The van der Waals surface area contributed by atoms with E-state index < -0.39 is 5.97 Å². The van der Waals surface area contributed by atoms with Gasteiger partial charge in [0.2, 0.25) is 5.82 Å². The molecule has 0 N–H and O–H groups in total. The highest BCUT2D eigenvalue weighted by molar-refractivity contribution is 9.10. The number of benzene rings is 2. The summed E-state index contributed by atoms with van der Waals surface area (Å²) in [6, 6.07) is 14.8. The number of hydrogen-bond acceptors (Lipinski definition) is 6. The Balaban J connectivity index is 1.68. The molecular formula is C17H13BrN2O3S. The molecule has 0 aliphatic heterocycles. The summed E-state index contributed by atoms with van der Waals surface area (Å²) in [7, 11) is 0. The molecule has 0 fully saturated rings. The first-order valence-corrected chi connectivity index (χ1v) is 9.08. The van der Waals surface area contributed by atoms with Crippen LogP contribution >= 0.6 is 27.7 Å². The highest BCUT2D eigenvalue weighted by atomic mass is 79.9. The smallest absolute Gasteiger partial charge is 0.339 e. The SMILES string of the molecule is CSc1ccccc1C(=O)OCc1nc(-c2cccc(Br)c2)no1. The molecule has 0 atom stereocenters. The molecule has 3 aromatic rings. The van der Waals surface area contributed by atoms with E-state index >= 15 is 0 Å². The summed E-state index contributed by atoms with van der Waals surface area (Å²) in [6.45, 7) is -0.0669. The van der Waals surface area contributed by atoms with Gasteiger partial charge < -0.3 is 9.26 Å². The molecule has 7 heteroatoms. The maximum atomic E-state index is 12.2. The number of halogens is 1. The fourth-order valence-corrected chi connectivity index (χ4v) is 3.06. The zero-order chi connectivity index (χ0) is 16.9. The number of ether oxygens (including phenoxy) is 1. The summed E-state index contributed by atoms with van der Waals surface area (Å²) in [5.41, 5.74) is 1.34. The lowest BCUT2D eigenvalue weighted by Gasteiger charge is -2.05. The van der Waals surface area contributed by atoms with Crippen molar-refractivity contribution in [3.8, 4) is 11.4 Å². The summed E-state index contributed by atoms with van der Waals surface area (Å²) in [5, 5.41) is 3.91. The monoisotopic (exact) mass is 404 g/mol. The third-order valence-electron chi connectivity index (χ3n) is 3.20. The van der Waals surface area contributed by atoms with Crippen molar-refractivity contribution in [3.63, 3.8) is 0 Å². The lowest BCUT2D eigenvalue weighted by molar-refractivity contribution is 0.0425. The van der Waals surface area contributed by atoms with Gasteiger partial charge in [0, 0.05) is 14.9 Å². The first kappa shape index (κ1) is 16.7. The van der Waals surface area contributed by atoms with Gasteiger partial charge in [-0.15, -0.1) is 11.8 Å². The predicted octanol–water partition coefficient (Wildman–Crippen LogP) is 4.58. The Bertz CT molecular complexity index is 866. The van der Waals surface area contributed by atoms with Gasteiger partial charge in [0.15, 0.2) is 6.61 Å². The third-order valence-corrected chi connectivity index (χ3v) is 4.49. The molecule has 0 bridgehead atoms. The predicted molar refractivity (Wildman–Crippen MR) is 94.8 cm³/mol. The van der Waals surface area contributed by atoms with Gasteiger partial charge >= 0.3 is 5.97 Å². The van der Waals surface area contributed by atoms with Gasteiger partial charge in [-0.3, -0.25) is 0 Å². The van der Waals surface area contributed by atoms with Crippen LogP contribution in [0.15, 0.2) is 62.4 Å². The van der Waals surface area contributed by atoms with Crippen LogP contribution in [0.2, 0.25) is 0 Å². The van der Waals surface area contributed by atoms with Crippen molar-refractivity contribution in [1.29, 1.82) is 0 Å². The molecule has 3 rings (SSSR count). The third kappa shape index (κ3) is 3.85. The number of rotatable bonds is 5. The van der Waals surface area contributed by atoms with Crippen molar-refractivity contribution in [2.24, 2.45) is 0 Å². The van der Waals surface area contributed by atoms with E-state index in [0.717, 1.165) is 14.9 Å². The quantitative estimate of drug-likeness (QED) is 0.458. The van der Waals surface area contributed by atoms with Crippen molar-refractivity contribution < 1.29 is 14.1 Å². The van der Waals surface area contributed by atoms with Crippen LogP contribution in [-0.2, 0) is 11.3 Å². The van der Waals surface area contributed by atoms with E-state index in [9.17, 15) is 4.79 Å². The van der Waals surface area contributed by atoms with Crippen LogP contribution in [0.1, 0.15) is 16.2 Å². The molecule has 1 aromatic heterocycles. The molecule has 0 spiro atoms. The number of hydrogen-bond donors (Lipinski definition) is 0. The van der Waals surface area contributed by atoms with Crippen LogP contribution in [-0.4, -0.2) is 22.4 Å². The van der Waals surface area contributed by atoms with Gasteiger partial charge in [-0.05, 0) is 30.5 Å². The van der Waals surface area contributed by atoms with Gasteiger partial charge in [-0.1, -0.05) is 45.4 Å². The van der Waals surface area contributed by atoms with Gasteiger partial charge in [0.25, 0.3) is 5.89 Å².